The van der Waals surface area contributed by atoms with E-state index >= 15 is 0 Å². The van der Waals surface area contributed by atoms with Crippen LogP contribution in [-0.4, -0.2) is 33.0 Å². The molecule has 2 N–H and O–H groups in total. The van der Waals surface area contributed by atoms with Gasteiger partial charge in [0.25, 0.3) is 0 Å². The second-order valence-electron chi connectivity index (χ2n) is 4.14. The van der Waals surface area contributed by atoms with Crippen molar-refractivity contribution < 1.29 is 9.90 Å². The Kier molecular flexibility index (Phi) is 5.51. The van der Waals surface area contributed by atoms with E-state index in [4.69, 9.17) is 0 Å². The number of carbonyl (C=O) groups excluding carboxylic acids is 1. The van der Waals surface area contributed by atoms with Gasteiger partial charge in [-0.25, -0.2) is 0 Å². The lowest BCUT2D eigenvalue weighted by molar-refractivity contribution is -0.120. The van der Waals surface area contributed by atoms with Crippen LogP contribution in [0.4, 0.5) is 0 Å². The van der Waals surface area contributed by atoms with Crippen molar-refractivity contribution in [1.29, 1.82) is 0 Å². The molecule has 0 aliphatic rings. The molecule has 0 saturated carbocycles. The summed E-state index contributed by atoms with van der Waals surface area (Å²) in [7, 11) is 0. The number of rotatable bonds is 6. The van der Waals surface area contributed by atoms with Gasteiger partial charge >= 0.3 is 0 Å². The van der Waals surface area contributed by atoms with Gasteiger partial charge in [0.2, 0.25) is 5.91 Å². The van der Waals surface area contributed by atoms with Crippen LogP contribution in [-0.2, 0) is 4.79 Å². The fourth-order valence-electron chi connectivity index (χ4n) is 1.55. The van der Waals surface area contributed by atoms with Gasteiger partial charge in [-0.1, -0.05) is 53.4 Å². The number of nitrogens with one attached hydrogen (secondary N) is 1. The largest absolute Gasteiger partial charge is 0.387 e. The van der Waals surface area contributed by atoms with Crippen LogP contribution in [0.1, 0.15) is 18.6 Å². The number of hydrogen-bond acceptors (Lipinski definition) is 6. The molecule has 1 heterocycles. The molecule has 2 atom stereocenters. The Hall–Kier alpha value is -1.44. The number of aliphatic hydroxyl groups is 1. The van der Waals surface area contributed by atoms with Crippen molar-refractivity contribution in [2.45, 2.75) is 22.6 Å². The highest BCUT2D eigenvalue weighted by Gasteiger charge is 2.17. The Balaban J connectivity index is 1.80. The van der Waals surface area contributed by atoms with Crippen LogP contribution in [0.2, 0.25) is 0 Å². The molecule has 5 nitrogen and oxygen atoms in total. The predicted octanol–water partition coefficient (Wildman–Crippen LogP) is 1.87. The van der Waals surface area contributed by atoms with Crippen LogP contribution in [0.15, 0.2) is 40.2 Å². The molecule has 7 heteroatoms. The van der Waals surface area contributed by atoms with Gasteiger partial charge in [-0.2, -0.15) is 0 Å². The Morgan fingerprint density at radius 2 is 2.20 bits per heavy atom. The smallest absolute Gasteiger partial charge is 0.233 e. The minimum Gasteiger partial charge on any atom is -0.387 e. The van der Waals surface area contributed by atoms with Gasteiger partial charge in [-0.3, -0.25) is 4.79 Å². The van der Waals surface area contributed by atoms with Crippen LogP contribution < -0.4 is 5.32 Å². The first kappa shape index (κ1) is 15.0. The van der Waals surface area contributed by atoms with Crippen molar-refractivity contribution in [2.75, 3.05) is 6.54 Å². The molecule has 0 bridgehead atoms. The van der Waals surface area contributed by atoms with E-state index in [-0.39, 0.29) is 17.7 Å². The maximum absolute atomic E-state index is 11.9. The van der Waals surface area contributed by atoms with Crippen molar-refractivity contribution in [3.8, 4) is 0 Å². The molecule has 0 spiro atoms. The molecule has 0 unspecified atom stereocenters. The van der Waals surface area contributed by atoms with Crippen molar-refractivity contribution in [3.05, 3.63) is 41.4 Å². The SMILES string of the molecule is C[C@H](Sc1nncs1)C(=O)NC[C@H](O)c1ccccc1. The lowest BCUT2D eigenvalue weighted by Crippen LogP contribution is -2.34. The Bertz CT molecular complexity index is 534. The average Bonchev–Trinajstić information content (AvgIpc) is 2.98. The molecule has 1 amide bonds. The van der Waals surface area contributed by atoms with Crippen molar-refractivity contribution >= 4 is 29.0 Å². The van der Waals surface area contributed by atoms with Crippen LogP contribution in [0, 0.1) is 0 Å². The summed E-state index contributed by atoms with van der Waals surface area (Å²) in [5.74, 6) is -0.125. The van der Waals surface area contributed by atoms with Crippen molar-refractivity contribution in [3.63, 3.8) is 0 Å². The summed E-state index contributed by atoms with van der Waals surface area (Å²) in [6.45, 7) is 2.00. The monoisotopic (exact) mass is 309 g/mol. The molecular formula is C13H15N3O2S2. The van der Waals surface area contributed by atoms with Crippen LogP contribution in [0.25, 0.3) is 0 Å². The van der Waals surface area contributed by atoms with Gasteiger partial charge in [0.05, 0.1) is 11.4 Å². The molecule has 106 valence electrons. The van der Waals surface area contributed by atoms with Gasteiger partial charge < -0.3 is 10.4 Å². The third-order valence-electron chi connectivity index (χ3n) is 2.64. The van der Waals surface area contributed by atoms with Crippen LogP contribution in [0.3, 0.4) is 0 Å². The highest BCUT2D eigenvalue weighted by atomic mass is 32.2. The molecule has 1 aromatic heterocycles. The first-order valence-corrected chi connectivity index (χ1v) is 7.86. The van der Waals surface area contributed by atoms with Gasteiger partial charge in [-0.15, -0.1) is 10.2 Å². The summed E-state index contributed by atoms with van der Waals surface area (Å²) in [6.07, 6.45) is -0.695. The molecule has 2 aromatic rings. The molecule has 1 aromatic carbocycles. The lowest BCUT2D eigenvalue weighted by atomic mass is 10.1. The average molecular weight is 309 g/mol. The number of nitrogens with zero attached hydrogens (tertiary/aromatic N) is 2. The van der Waals surface area contributed by atoms with Crippen molar-refractivity contribution in [1.82, 2.24) is 15.5 Å². The first-order valence-electron chi connectivity index (χ1n) is 6.10. The molecule has 0 radical (unpaired) electrons. The van der Waals surface area contributed by atoms with Gasteiger partial charge in [0.1, 0.15) is 5.51 Å². The Morgan fingerprint density at radius 3 is 2.85 bits per heavy atom. The molecule has 0 saturated heterocycles. The standard InChI is InChI=1S/C13H15N3O2S2/c1-9(20-13-16-15-8-19-13)12(18)14-7-11(17)10-5-3-2-4-6-10/h2-6,8-9,11,17H,7H2,1H3,(H,14,18)/t9-,11-/m0/s1. The van der Waals surface area contributed by atoms with E-state index in [1.54, 1.807) is 12.4 Å². The number of benzene rings is 1. The summed E-state index contributed by atoms with van der Waals surface area (Å²) in [4.78, 5) is 11.9. The Morgan fingerprint density at radius 1 is 1.45 bits per heavy atom. The zero-order valence-corrected chi connectivity index (χ0v) is 12.5. The third-order valence-corrected chi connectivity index (χ3v) is 4.55. The summed E-state index contributed by atoms with van der Waals surface area (Å²) in [5, 5.41) is 20.0. The highest BCUT2D eigenvalue weighted by Crippen LogP contribution is 2.24. The quantitative estimate of drug-likeness (QED) is 0.797. The van der Waals surface area contributed by atoms with E-state index in [0.29, 0.717) is 0 Å². The minimum absolute atomic E-state index is 0.125. The minimum atomic E-state index is -0.695. The fourth-order valence-corrected chi connectivity index (χ4v) is 3.20. The molecule has 0 aliphatic heterocycles. The Labute approximate surface area is 125 Å². The zero-order valence-electron chi connectivity index (χ0n) is 10.9. The summed E-state index contributed by atoms with van der Waals surface area (Å²) in [6, 6.07) is 9.25. The predicted molar refractivity (Wildman–Crippen MR) is 79.6 cm³/mol. The fraction of sp³-hybridized carbons (Fsp3) is 0.308. The maximum atomic E-state index is 11.9. The van der Waals surface area contributed by atoms with E-state index < -0.39 is 6.10 Å². The second kappa shape index (κ2) is 7.37. The van der Waals surface area contributed by atoms with E-state index in [1.807, 2.05) is 30.3 Å². The van der Waals surface area contributed by atoms with E-state index in [1.165, 1.54) is 23.1 Å². The summed E-state index contributed by atoms with van der Waals surface area (Å²) < 4.78 is 0.760. The van der Waals surface area contributed by atoms with Crippen molar-refractivity contribution in [2.24, 2.45) is 0 Å². The van der Waals surface area contributed by atoms with Gasteiger partial charge in [0, 0.05) is 6.54 Å². The van der Waals surface area contributed by atoms with Crippen LogP contribution in [0.5, 0.6) is 0 Å². The molecule has 20 heavy (non-hydrogen) atoms. The number of aliphatic hydroxyl groups excluding tert-OH is 1. The van der Waals surface area contributed by atoms with E-state index in [0.717, 1.165) is 9.90 Å². The number of hydrogen-bond donors (Lipinski definition) is 2. The van der Waals surface area contributed by atoms with Gasteiger partial charge in [-0.05, 0) is 12.5 Å². The lowest BCUT2D eigenvalue weighted by Gasteiger charge is -2.14. The van der Waals surface area contributed by atoms with E-state index in [2.05, 4.69) is 15.5 Å². The number of thioether (sulfide) groups is 1. The number of amides is 1. The second-order valence-corrected chi connectivity index (χ2v) is 6.56. The third kappa shape index (κ3) is 4.29. The molecule has 0 aliphatic carbocycles. The van der Waals surface area contributed by atoms with E-state index in [9.17, 15) is 9.90 Å². The first-order chi connectivity index (χ1) is 9.66. The normalized spacial score (nSPS) is 13.7. The number of aromatic nitrogens is 2. The summed E-state index contributed by atoms with van der Waals surface area (Å²) >= 11 is 2.76. The zero-order chi connectivity index (χ0) is 14.4. The molecule has 2 rings (SSSR count). The molecule has 0 fully saturated rings. The topological polar surface area (TPSA) is 75.1 Å². The number of carbonyl (C=O) groups is 1. The highest BCUT2D eigenvalue weighted by molar-refractivity contribution is 8.02. The van der Waals surface area contributed by atoms with Gasteiger partial charge in [0.15, 0.2) is 4.34 Å². The van der Waals surface area contributed by atoms with Crippen LogP contribution >= 0.6 is 23.1 Å². The summed E-state index contributed by atoms with van der Waals surface area (Å²) in [5.41, 5.74) is 2.42. The maximum Gasteiger partial charge on any atom is 0.233 e. The molecular weight excluding hydrogens is 294 g/mol.